The summed E-state index contributed by atoms with van der Waals surface area (Å²) in [6.07, 6.45) is 29.4. The number of alkyl halides is 1. The molecule has 0 saturated heterocycles. The number of hydrogen-bond acceptors (Lipinski definition) is 0. The summed E-state index contributed by atoms with van der Waals surface area (Å²) in [6, 6.07) is 0. The van der Waals surface area contributed by atoms with Crippen molar-refractivity contribution in [2.45, 2.75) is 135 Å². The minimum absolute atomic E-state index is 0.134. The normalized spacial score (nSPS) is 11.2. The summed E-state index contributed by atoms with van der Waals surface area (Å²) in [4.78, 5) is 0. The summed E-state index contributed by atoms with van der Waals surface area (Å²) in [6.45, 7) is 2.16. The molecule has 0 N–H and O–H groups in total. The lowest BCUT2D eigenvalue weighted by atomic mass is 10.0. The van der Waals surface area contributed by atoms with E-state index >= 15 is 0 Å². The van der Waals surface area contributed by atoms with Gasteiger partial charge < -0.3 is 0 Å². The summed E-state index contributed by atoms with van der Waals surface area (Å²) in [7, 11) is 0. The molecule has 0 rings (SSSR count). The molecule has 0 bridgehead atoms. The first-order valence-corrected chi connectivity index (χ1v) is 11.3. The molecule has 0 aliphatic heterocycles. The SMILES string of the molecule is CCCCCCCCCCCCCCC[CH]CCCCCCCF. The summed E-state index contributed by atoms with van der Waals surface area (Å²) in [5, 5.41) is 0. The number of unbranched alkanes of at least 4 members (excludes halogenated alkanes) is 20. The van der Waals surface area contributed by atoms with Crippen LogP contribution < -0.4 is 0 Å². The van der Waals surface area contributed by atoms with Crippen LogP contribution in [0.15, 0.2) is 0 Å². The zero-order valence-corrected chi connectivity index (χ0v) is 16.8. The zero-order valence-electron chi connectivity index (χ0n) is 16.8. The van der Waals surface area contributed by atoms with Crippen LogP contribution in [-0.2, 0) is 0 Å². The maximum Gasteiger partial charge on any atom is 0.0894 e. The first-order valence-electron chi connectivity index (χ1n) is 11.3. The van der Waals surface area contributed by atoms with E-state index in [4.69, 9.17) is 0 Å². The largest absolute Gasteiger partial charge is 0.251 e. The standard InChI is InChI=1S/C23H46F/c1-2-3-4-5-6-7-8-9-10-11-12-13-14-15-16-17-18-19-20-21-22-23-24/h16H,2-15,17-23H2,1H3. The molecule has 0 aromatic carbocycles. The summed E-state index contributed by atoms with van der Waals surface area (Å²) in [5.74, 6) is 0. The maximum atomic E-state index is 11.9. The number of rotatable bonds is 21. The maximum absolute atomic E-state index is 11.9. The zero-order chi connectivity index (χ0) is 17.6. The van der Waals surface area contributed by atoms with Gasteiger partial charge in [-0.25, -0.2) is 0 Å². The van der Waals surface area contributed by atoms with E-state index in [1.54, 1.807) is 0 Å². The van der Waals surface area contributed by atoms with Gasteiger partial charge in [0.15, 0.2) is 0 Å². The molecule has 24 heavy (non-hydrogen) atoms. The first kappa shape index (κ1) is 23.9. The van der Waals surface area contributed by atoms with Gasteiger partial charge in [0, 0.05) is 0 Å². The van der Waals surface area contributed by atoms with Gasteiger partial charge in [-0.3, -0.25) is 4.39 Å². The van der Waals surface area contributed by atoms with Crippen LogP contribution in [0.5, 0.6) is 0 Å². The van der Waals surface area contributed by atoms with E-state index in [1.165, 1.54) is 116 Å². The highest BCUT2D eigenvalue weighted by atomic mass is 19.1. The Hall–Kier alpha value is -0.0700. The van der Waals surface area contributed by atoms with Crippen LogP contribution in [0.25, 0.3) is 0 Å². The van der Waals surface area contributed by atoms with Crippen molar-refractivity contribution in [3.63, 3.8) is 0 Å². The molecule has 0 aromatic heterocycles. The van der Waals surface area contributed by atoms with E-state index in [2.05, 4.69) is 13.3 Å². The molecule has 0 aliphatic rings. The lowest BCUT2D eigenvalue weighted by Crippen LogP contribution is -1.85. The van der Waals surface area contributed by atoms with Crippen molar-refractivity contribution in [3.8, 4) is 0 Å². The molecule has 0 heterocycles. The van der Waals surface area contributed by atoms with Gasteiger partial charge in [0.2, 0.25) is 0 Å². The lowest BCUT2D eigenvalue weighted by Gasteiger charge is -2.03. The Morgan fingerprint density at radius 3 is 1.17 bits per heavy atom. The van der Waals surface area contributed by atoms with E-state index in [9.17, 15) is 4.39 Å². The van der Waals surface area contributed by atoms with Crippen LogP contribution in [0.4, 0.5) is 4.39 Å². The summed E-state index contributed by atoms with van der Waals surface area (Å²) >= 11 is 0. The molecule has 0 nitrogen and oxygen atoms in total. The highest BCUT2D eigenvalue weighted by molar-refractivity contribution is 4.64. The molecule has 1 heteroatoms. The minimum Gasteiger partial charge on any atom is -0.251 e. The van der Waals surface area contributed by atoms with Crippen molar-refractivity contribution >= 4 is 0 Å². The van der Waals surface area contributed by atoms with Crippen molar-refractivity contribution in [1.82, 2.24) is 0 Å². The third-order valence-corrected chi connectivity index (χ3v) is 5.05. The molecule has 0 atom stereocenters. The molecule has 0 saturated carbocycles. The van der Waals surface area contributed by atoms with Gasteiger partial charge in [0.05, 0.1) is 6.67 Å². The van der Waals surface area contributed by atoms with Gasteiger partial charge in [-0.2, -0.15) is 0 Å². The Labute approximate surface area is 153 Å². The highest BCUT2D eigenvalue weighted by Gasteiger charge is 1.95. The van der Waals surface area contributed by atoms with E-state index in [0.29, 0.717) is 0 Å². The minimum atomic E-state index is -0.134. The van der Waals surface area contributed by atoms with Gasteiger partial charge in [-0.1, -0.05) is 129 Å². The van der Waals surface area contributed by atoms with E-state index in [1.807, 2.05) is 0 Å². The van der Waals surface area contributed by atoms with Crippen molar-refractivity contribution < 1.29 is 4.39 Å². The first-order chi connectivity index (χ1) is 11.9. The van der Waals surface area contributed by atoms with Gasteiger partial charge in [-0.15, -0.1) is 0 Å². The van der Waals surface area contributed by atoms with E-state index < -0.39 is 0 Å². The molecule has 0 aromatic rings. The van der Waals surface area contributed by atoms with Crippen LogP contribution in [0, 0.1) is 6.42 Å². The van der Waals surface area contributed by atoms with Crippen LogP contribution in [0.3, 0.4) is 0 Å². The average Bonchev–Trinajstić information content (AvgIpc) is 2.60. The number of hydrogen-bond donors (Lipinski definition) is 0. The van der Waals surface area contributed by atoms with Crippen LogP contribution in [-0.4, -0.2) is 6.67 Å². The highest BCUT2D eigenvalue weighted by Crippen LogP contribution is 2.14. The topological polar surface area (TPSA) is 0 Å². The van der Waals surface area contributed by atoms with Crippen molar-refractivity contribution in [2.24, 2.45) is 0 Å². The fourth-order valence-corrected chi connectivity index (χ4v) is 3.36. The second-order valence-electron chi connectivity index (χ2n) is 7.57. The molecule has 0 fully saturated rings. The fraction of sp³-hybridized carbons (Fsp3) is 0.957. The second kappa shape index (κ2) is 22.9. The Morgan fingerprint density at radius 1 is 0.458 bits per heavy atom. The Kier molecular flexibility index (Phi) is 22.9. The predicted molar refractivity (Wildman–Crippen MR) is 108 cm³/mol. The summed E-state index contributed by atoms with van der Waals surface area (Å²) in [5.41, 5.74) is 0. The van der Waals surface area contributed by atoms with E-state index in [0.717, 1.165) is 12.8 Å². The molecule has 1 radical (unpaired) electrons. The molecule has 0 aliphatic carbocycles. The Bertz CT molecular complexity index is 180. The monoisotopic (exact) mass is 341 g/mol. The Balaban J connectivity index is 2.93. The molecule has 0 unspecified atom stereocenters. The molecule has 145 valence electrons. The molecule has 0 spiro atoms. The van der Waals surface area contributed by atoms with Crippen LogP contribution in [0.1, 0.15) is 135 Å². The van der Waals surface area contributed by atoms with Crippen LogP contribution >= 0.6 is 0 Å². The lowest BCUT2D eigenvalue weighted by molar-refractivity contribution is 0.451. The third kappa shape index (κ3) is 21.9. The van der Waals surface area contributed by atoms with Gasteiger partial charge in [-0.05, 0) is 12.8 Å². The quantitative estimate of drug-likeness (QED) is 0.183. The van der Waals surface area contributed by atoms with Gasteiger partial charge >= 0.3 is 0 Å². The molecular formula is C23H46F. The third-order valence-electron chi connectivity index (χ3n) is 5.05. The van der Waals surface area contributed by atoms with Crippen molar-refractivity contribution in [1.29, 1.82) is 0 Å². The van der Waals surface area contributed by atoms with Crippen molar-refractivity contribution in [2.75, 3.05) is 6.67 Å². The fourth-order valence-electron chi connectivity index (χ4n) is 3.36. The average molecular weight is 342 g/mol. The van der Waals surface area contributed by atoms with Crippen molar-refractivity contribution in [3.05, 3.63) is 6.42 Å². The summed E-state index contributed by atoms with van der Waals surface area (Å²) < 4.78 is 11.9. The van der Waals surface area contributed by atoms with Crippen LogP contribution in [0.2, 0.25) is 0 Å². The molecule has 0 amide bonds. The smallest absolute Gasteiger partial charge is 0.0894 e. The van der Waals surface area contributed by atoms with Gasteiger partial charge in [0.1, 0.15) is 0 Å². The number of halogens is 1. The second-order valence-corrected chi connectivity index (χ2v) is 7.57. The Morgan fingerprint density at radius 2 is 0.792 bits per heavy atom. The molecular weight excluding hydrogens is 295 g/mol. The van der Waals surface area contributed by atoms with Gasteiger partial charge in [0.25, 0.3) is 0 Å². The van der Waals surface area contributed by atoms with E-state index in [-0.39, 0.29) is 6.67 Å². The predicted octanol–water partition coefficient (Wildman–Crippen LogP) is 8.98.